The lowest BCUT2D eigenvalue weighted by atomic mass is 10.1. The SMILES string of the molecule is Cc1ccccc1N(CCOCC(F)(F)F)CCC(=O)O. The number of benzene rings is 1. The van der Waals surface area contributed by atoms with Crippen molar-refractivity contribution in [1.82, 2.24) is 0 Å². The molecular weight excluding hydrogens is 287 g/mol. The highest BCUT2D eigenvalue weighted by Crippen LogP contribution is 2.20. The number of para-hydroxylation sites is 1. The van der Waals surface area contributed by atoms with Crippen LogP contribution in [0.15, 0.2) is 24.3 Å². The summed E-state index contributed by atoms with van der Waals surface area (Å²) in [5, 5.41) is 8.75. The van der Waals surface area contributed by atoms with E-state index in [1.54, 1.807) is 17.0 Å². The number of anilines is 1. The van der Waals surface area contributed by atoms with E-state index in [0.29, 0.717) is 0 Å². The molecular formula is C14H18F3NO3. The van der Waals surface area contributed by atoms with E-state index in [1.165, 1.54) is 0 Å². The Balaban J connectivity index is 2.61. The van der Waals surface area contributed by atoms with E-state index in [1.807, 2.05) is 19.1 Å². The van der Waals surface area contributed by atoms with E-state index in [2.05, 4.69) is 4.74 Å². The third-order valence-electron chi connectivity index (χ3n) is 2.82. The Hall–Kier alpha value is -1.76. The van der Waals surface area contributed by atoms with Gasteiger partial charge in [0.2, 0.25) is 0 Å². The zero-order chi connectivity index (χ0) is 15.9. The first kappa shape index (κ1) is 17.3. The first-order valence-electron chi connectivity index (χ1n) is 6.46. The number of alkyl halides is 3. The number of hydrogen-bond acceptors (Lipinski definition) is 3. The van der Waals surface area contributed by atoms with Gasteiger partial charge in [-0.2, -0.15) is 13.2 Å². The number of ether oxygens (including phenoxy) is 1. The molecule has 1 N–H and O–H groups in total. The smallest absolute Gasteiger partial charge is 0.411 e. The molecule has 0 aliphatic heterocycles. The summed E-state index contributed by atoms with van der Waals surface area (Å²) >= 11 is 0. The number of carboxylic acids is 1. The number of carboxylic acid groups (broad SMARTS) is 1. The topological polar surface area (TPSA) is 49.8 Å². The van der Waals surface area contributed by atoms with Gasteiger partial charge in [-0.1, -0.05) is 18.2 Å². The van der Waals surface area contributed by atoms with Crippen LogP contribution in [0, 0.1) is 6.92 Å². The van der Waals surface area contributed by atoms with Crippen molar-refractivity contribution in [2.24, 2.45) is 0 Å². The Morgan fingerprint density at radius 2 is 1.95 bits per heavy atom. The highest BCUT2D eigenvalue weighted by Gasteiger charge is 2.27. The van der Waals surface area contributed by atoms with E-state index in [4.69, 9.17) is 5.11 Å². The highest BCUT2D eigenvalue weighted by molar-refractivity contribution is 5.68. The lowest BCUT2D eigenvalue weighted by Gasteiger charge is -2.26. The van der Waals surface area contributed by atoms with Crippen molar-refractivity contribution in [2.75, 3.05) is 31.2 Å². The maximum Gasteiger partial charge on any atom is 0.411 e. The molecule has 0 aliphatic carbocycles. The Morgan fingerprint density at radius 3 is 2.52 bits per heavy atom. The van der Waals surface area contributed by atoms with Crippen LogP contribution in [0.2, 0.25) is 0 Å². The van der Waals surface area contributed by atoms with Crippen LogP contribution in [0.4, 0.5) is 18.9 Å². The monoisotopic (exact) mass is 305 g/mol. The molecule has 0 bridgehead atoms. The fraction of sp³-hybridized carbons (Fsp3) is 0.500. The Kier molecular flexibility index (Phi) is 6.48. The fourth-order valence-corrected chi connectivity index (χ4v) is 1.86. The molecule has 0 atom stereocenters. The van der Waals surface area contributed by atoms with Gasteiger partial charge < -0.3 is 14.7 Å². The van der Waals surface area contributed by atoms with Gasteiger partial charge in [0.15, 0.2) is 0 Å². The molecule has 118 valence electrons. The summed E-state index contributed by atoms with van der Waals surface area (Å²) < 4.78 is 40.6. The van der Waals surface area contributed by atoms with Crippen LogP contribution in [-0.2, 0) is 9.53 Å². The zero-order valence-corrected chi connectivity index (χ0v) is 11.7. The van der Waals surface area contributed by atoms with Crippen molar-refractivity contribution in [1.29, 1.82) is 0 Å². The normalized spacial score (nSPS) is 11.4. The van der Waals surface area contributed by atoms with Crippen molar-refractivity contribution >= 4 is 11.7 Å². The molecule has 0 unspecified atom stereocenters. The number of halogens is 3. The first-order chi connectivity index (χ1) is 9.79. The number of aryl methyl sites for hydroxylation is 1. The van der Waals surface area contributed by atoms with Crippen molar-refractivity contribution in [3.63, 3.8) is 0 Å². The molecule has 4 nitrogen and oxygen atoms in total. The summed E-state index contributed by atoms with van der Waals surface area (Å²) in [6.45, 7) is 0.866. The zero-order valence-electron chi connectivity index (χ0n) is 11.7. The van der Waals surface area contributed by atoms with Crippen LogP contribution in [0.5, 0.6) is 0 Å². The number of carbonyl (C=O) groups is 1. The summed E-state index contributed by atoms with van der Waals surface area (Å²) in [6, 6.07) is 7.31. The number of hydrogen-bond donors (Lipinski definition) is 1. The minimum absolute atomic E-state index is 0.0897. The van der Waals surface area contributed by atoms with Crippen molar-refractivity contribution in [3.8, 4) is 0 Å². The summed E-state index contributed by atoms with van der Waals surface area (Å²) in [7, 11) is 0. The van der Waals surface area contributed by atoms with Crippen LogP contribution >= 0.6 is 0 Å². The summed E-state index contributed by atoms with van der Waals surface area (Å²) in [5.74, 6) is -0.954. The summed E-state index contributed by atoms with van der Waals surface area (Å²) in [5.41, 5.74) is 1.73. The number of rotatable bonds is 8. The molecule has 1 rings (SSSR count). The predicted octanol–water partition coefficient (Wildman–Crippen LogP) is 2.86. The van der Waals surface area contributed by atoms with Crippen LogP contribution < -0.4 is 4.90 Å². The van der Waals surface area contributed by atoms with E-state index >= 15 is 0 Å². The predicted molar refractivity (Wildman–Crippen MR) is 72.5 cm³/mol. The molecule has 0 spiro atoms. The average molecular weight is 305 g/mol. The van der Waals surface area contributed by atoms with E-state index in [9.17, 15) is 18.0 Å². The molecule has 21 heavy (non-hydrogen) atoms. The van der Waals surface area contributed by atoms with Crippen LogP contribution in [0.1, 0.15) is 12.0 Å². The summed E-state index contributed by atoms with van der Waals surface area (Å²) in [4.78, 5) is 12.4. The maximum absolute atomic E-state index is 12.0. The van der Waals surface area contributed by atoms with E-state index < -0.39 is 18.8 Å². The van der Waals surface area contributed by atoms with E-state index in [0.717, 1.165) is 11.3 Å². The molecule has 0 amide bonds. The summed E-state index contributed by atoms with van der Waals surface area (Å²) in [6.07, 6.45) is -4.44. The van der Waals surface area contributed by atoms with Gasteiger partial charge in [-0.15, -0.1) is 0 Å². The van der Waals surface area contributed by atoms with Crippen molar-refractivity contribution in [3.05, 3.63) is 29.8 Å². The molecule has 0 fully saturated rings. The molecule has 0 heterocycles. The van der Waals surface area contributed by atoms with Gasteiger partial charge in [0, 0.05) is 18.8 Å². The molecule has 1 aromatic rings. The van der Waals surface area contributed by atoms with Crippen molar-refractivity contribution < 1.29 is 27.8 Å². The number of nitrogens with zero attached hydrogens (tertiary/aromatic N) is 1. The minimum Gasteiger partial charge on any atom is -0.481 e. The second kappa shape index (κ2) is 7.87. The molecule has 0 radical (unpaired) electrons. The Labute approximate surface area is 121 Å². The van der Waals surface area contributed by atoms with Gasteiger partial charge in [-0.05, 0) is 18.6 Å². The van der Waals surface area contributed by atoms with E-state index in [-0.39, 0.29) is 26.1 Å². The molecule has 0 saturated carbocycles. The van der Waals surface area contributed by atoms with Gasteiger partial charge in [0.1, 0.15) is 6.61 Å². The van der Waals surface area contributed by atoms with Gasteiger partial charge in [0.25, 0.3) is 0 Å². The average Bonchev–Trinajstić information content (AvgIpc) is 2.37. The molecule has 0 aromatic heterocycles. The molecule has 0 aliphatic rings. The van der Waals surface area contributed by atoms with Crippen molar-refractivity contribution in [2.45, 2.75) is 19.5 Å². The standard InChI is InChI=1S/C14H18F3NO3/c1-11-4-2-3-5-12(11)18(7-6-13(19)20)8-9-21-10-14(15,16)17/h2-5H,6-10H2,1H3,(H,19,20). The van der Waals surface area contributed by atoms with Crippen LogP contribution in [0.25, 0.3) is 0 Å². The largest absolute Gasteiger partial charge is 0.481 e. The molecule has 0 saturated heterocycles. The minimum atomic E-state index is -4.35. The second-order valence-corrected chi connectivity index (χ2v) is 4.59. The van der Waals surface area contributed by atoms with Gasteiger partial charge in [0.05, 0.1) is 13.0 Å². The van der Waals surface area contributed by atoms with Gasteiger partial charge in [-0.25, -0.2) is 0 Å². The lowest BCUT2D eigenvalue weighted by molar-refractivity contribution is -0.173. The second-order valence-electron chi connectivity index (χ2n) is 4.59. The highest BCUT2D eigenvalue weighted by atomic mass is 19.4. The molecule has 1 aromatic carbocycles. The third kappa shape index (κ3) is 6.99. The molecule has 7 heteroatoms. The Morgan fingerprint density at radius 1 is 1.29 bits per heavy atom. The quantitative estimate of drug-likeness (QED) is 0.750. The number of aliphatic carboxylic acids is 1. The van der Waals surface area contributed by atoms with Gasteiger partial charge >= 0.3 is 12.1 Å². The fourth-order valence-electron chi connectivity index (χ4n) is 1.86. The van der Waals surface area contributed by atoms with Crippen LogP contribution in [0.3, 0.4) is 0 Å². The maximum atomic E-state index is 12.0. The lowest BCUT2D eigenvalue weighted by Crippen LogP contribution is -2.31. The van der Waals surface area contributed by atoms with Gasteiger partial charge in [-0.3, -0.25) is 4.79 Å². The van der Waals surface area contributed by atoms with Crippen LogP contribution in [-0.4, -0.2) is 43.6 Å². The first-order valence-corrected chi connectivity index (χ1v) is 6.46. The Bertz CT molecular complexity index is 463. The third-order valence-corrected chi connectivity index (χ3v) is 2.82.